The van der Waals surface area contributed by atoms with Crippen LogP contribution < -0.4 is 0 Å². The van der Waals surface area contributed by atoms with Crippen molar-refractivity contribution in [2.45, 2.75) is 46.5 Å². The van der Waals surface area contributed by atoms with Crippen molar-refractivity contribution in [3.8, 4) is 0 Å². The average Bonchev–Trinajstić information content (AvgIpc) is 1.99. The van der Waals surface area contributed by atoms with Gasteiger partial charge in [-0.05, 0) is 31.3 Å². The molecule has 68 valence electrons. The first-order chi connectivity index (χ1) is 5.58. The van der Waals surface area contributed by atoms with Crippen molar-refractivity contribution in [1.29, 1.82) is 0 Å². The van der Waals surface area contributed by atoms with Crippen LogP contribution in [0.4, 0.5) is 0 Å². The number of ketones is 1. The number of carbonyl (C=O) groups is 1. The molecule has 0 spiro atoms. The Morgan fingerprint density at radius 1 is 1.58 bits per heavy atom. The Morgan fingerprint density at radius 2 is 2.25 bits per heavy atom. The summed E-state index contributed by atoms with van der Waals surface area (Å²) in [5.41, 5.74) is 1.59. The molecule has 0 heterocycles. The molecule has 0 aromatic rings. The summed E-state index contributed by atoms with van der Waals surface area (Å²) in [5.74, 6) is 0.307. The fraction of sp³-hybridized carbons (Fsp3) is 0.727. The van der Waals surface area contributed by atoms with Crippen LogP contribution in [0.3, 0.4) is 0 Å². The molecule has 1 aliphatic carbocycles. The highest BCUT2D eigenvalue weighted by atomic mass is 16.1. The summed E-state index contributed by atoms with van der Waals surface area (Å²) < 4.78 is 0. The lowest BCUT2D eigenvalue weighted by Gasteiger charge is -2.33. The lowest BCUT2D eigenvalue weighted by atomic mass is 9.71. The fourth-order valence-corrected chi connectivity index (χ4v) is 1.96. The second-order valence-electron chi connectivity index (χ2n) is 4.10. The monoisotopic (exact) mass is 166 g/mol. The van der Waals surface area contributed by atoms with E-state index >= 15 is 0 Å². The minimum atomic E-state index is 0.307. The Bertz CT molecular complexity index is 215. The van der Waals surface area contributed by atoms with Gasteiger partial charge in [0.15, 0.2) is 5.78 Å². The van der Waals surface area contributed by atoms with Gasteiger partial charge in [0, 0.05) is 6.42 Å². The molecule has 1 heteroatoms. The minimum absolute atomic E-state index is 0.307. The molecule has 0 saturated carbocycles. The predicted octanol–water partition coefficient (Wildman–Crippen LogP) is 3.10. The van der Waals surface area contributed by atoms with Gasteiger partial charge in [0.05, 0.1) is 0 Å². The molecule has 0 saturated heterocycles. The smallest absolute Gasteiger partial charge is 0.155 e. The summed E-state index contributed by atoms with van der Waals surface area (Å²) in [4.78, 5) is 11.1. The first-order valence-electron chi connectivity index (χ1n) is 4.80. The largest absolute Gasteiger partial charge is 0.295 e. The molecule has 1 nitrogen and oxygen atoms in total. The maximum Gasteiger partial charge on any atom is 0.155 e. The SMILES string of the molecule is CCCC1(C)CCC(=O)C=C1C. The van der Waals surface area contributed by atoms with Crippen molar-refractivity contribution in [2.24, 2.45) is 5.41 Å². The second kappa shape index (κ2) is 3.42. The summed E-state index contributed by atoms with van der Waals surface area (Å²) >= 11 is 0. The standard InChI is InChI=1S/C11H18O/c1-4-6-11(3)7-5-10(12)8-9(11)2/h8H,4-7H2,1-3H3. The zero-order chi connectivity index (χ0) is 9.19. The Kier molecular flexibility index (Phi) is 2.71. The van der Waals surface area contributed by atoms with Gasteiger partial charge in [-0.25, -0.2) is 0 Å². The molecule has 1 rings (SSSR count). The van der Waals surface area contributed by atoms with Crippen LogP contribution in [0.2, 0.25) is 0 Å². The van der Waals surface area contributed by atoms with Crippen LogP contribution in [0.15, 0.2) is 11.6 Å². The Balaban J connectivity index is 2.79. The van der Waals surface area contributed by atoms with E-state index in [1.54, 1.807) is 0 Å². The van der Waals surface area contributed by atoms with Crippen molar-refractivity contribution in [1.82, 2.24) is 0 Å². The molecule has 1 atom stereocenters. The van der Waals surface area contributed by atoms with Crippen molar-refractivity contribution in [3.63, 3.8) is 0 Å². The summed E-state index contributed by atoms with van der Waals surface area (Å²) in [6, 6.07) is 0. The molecule has 0 radical (unpaired) electrons. The lowest BCUT2D eigenvalue weighted by Crippen LogP contribution is -2.23. The molecule has 0 N–H and O–H groups in total. The van der Waals surface area contributed by atoms with Gasteiger partial charge in [-0.15, -0.1) is 0 Å². The van der Waals surface area contributed by atoms with Crippen molar-refractivity contribution < 1.29 is 4.79 Å². The quantitative estimate of drug-likeness (QED) is 0.616. The molecule has 12 heavy (non-hydrogen) atoms. The van der Waals surface area contributed by atoms with E-state index in [-0.39, 0.29) is 0 Å². The normalized spacial score (nSPS) is 30.2. The number of hydrogen-bond donors (Lipinski definition) is 0. The molecule has 0 aromatic carbocycles. The van der Waals surface area contributed by atoms with Crippen LogP contribution in [-0.4, -0.2) is 5.78 Å². The number of allylic oxidation sites excluding steroid dienone is 2. The molecular weight excluding hydrogens is 148 g/mol. The van der Waals surface area contributed by atoms with Gasteiger partial charge in [-0.1, -0.05) is 25.8 Å². The molecule has 0 aromatic heterocycles. The summed E-state index contributed by atoms with van der Waals surface area (Å²) in [6.07, 6.45) is 6.04. The molecule has 1 unspecified atom stereocenters. The topological polar surface area (TPSA) is 17.1 Å². The van der Waals surface area contributed by atoms with Crippen LogP contribution in [-0.2, 0) is 4.79 Å². The molecule has 0 fully saturated rings. The minimum Gasteiger partial charge on any atom is -0.295 e. The third kappa shape index (κ3) is 1.77. The van der Waals surface area contributed by atoms with Crippen molar-refractivity contribution in [3.05, 3.63) is 11.6 Å². The molecular formula is C11H18O. The molecule has 1 aliphatic rings. The van der Waals surface area contributed by atoms with Crippen LogP contribution in [0.25, 0.3) is 0 Å². The van der Waals surface area contributed by atoms with Crippen molar-refractivity contribution >= 4 is 5.78 Å². The van der Waals surface area contributed by atoms with E-state index in [0.717, 1.165) is 12.8 Å². The number of rotatable bonds is 2. The van der Waals surface area contributed by atoms with Gasteiger partial charge in [-0.3, -0.25) is 4.79 Å². The summed E-state index contributed by atoms with van der Waals surface area (Å²) in [5, 5.41) is 0. The van der Waals surface area contributed by atoms with Gasteiger partial charge >= 0.3 is 0 Å². The van der Waals surface area contributed by atoms with Gasteiger partial charge in [0.25, 0.3) is 0 Å². The fourth-order valence-electron chi connectivity index (χ4n) is 1.96. The maximum absolute atomic E-state index is 11.1. The maximum atomic E-state index is 11.1. The van der Waals surface area contributed by atoms with Gasteiger partial charge in [0.1, 0.15) is 0 Å². The lowest BCUT2D eigenvalue weighted by molar-refractivity contribution is -0.115. The van der Waals surface area contributed by atoms with E-state index < -0.39 is 0 Å². The summed E-state index contributed by atoms with van der Waals surface area (Å²) in [6.45, 7) is 6.57. The Morgan fingerprint density at radius 3 is 2.75 bits per heavy atom. The number of hydrogen-bond acceptors (Lipinski definition) is 1. The van der Waals surface area contributed by atoms with E-state index in [2.05, 4.69) is 20.8 Å². The predicted molar refractivity (Wildman–Crippen MR) is 51.0 cm³/mol. The highest BCUT2D eigenvalue weighted by Crippen LogP contribution is 2.39. The van der Waals surface area contributed by atoms with Crippen LogP contribution in [0, 0.1) is 5.41 Å². The van der Waals surface area contributed by atoms with Crippen LogP contribution in [0.5, 0.6) is 0 Å². The van der Waals surface area contributed by atoms with E-state index in [1.165, 1.54) is 18.4 Å². The average molecular weight is 166 g/mol. The van der Waals surface area contributed by atoms with Crippen LogP contribution >= 0.6 is 0 Å². The zero-order valence-corrected chi connectivity index (χ0v) is 8.31. The van der Waals surface area contributed by atoms with Gasteiger partial charge in [0.2, 0.25) is 0 Å². The van der Waals surface area contributed by atoms with E-state index in [4.69, 9.17) is 0 Å². The first-order valence-corrected chi connectivity index (χ1v) is 4.80. The second-order valence-corrected chi connectivity index (χ2v) is 4.10. The van der Waals surface area contributed by atoms with Gasteiger partial charge < -0.3 is 0 Å². The third-order valence-electron chi connectivity index (χ3n) is 3.05. The Labute approximate surface area is 74.9 Å². The molecule has 0 amide bonds. The highest BCUT2D eigenvalue weighted by molar-refractivity contribution is 5.91. The Hall–Kier alpha value is -0.590. The highest BCUT2D eigenvalue weighted by Gasteiger charge is 2.29. The first kappa shape index (κ1) is 9.50. The van der Waals surface area contributed by atoms with E-state index in [0.29, 0.717) is 11.2 Å². The zero-order valence-electron chi connectivity index (χ0n) is 8.31. The van der Waals surface area contributed by atoms with Gasteiger partial charge in [-0.2, -0.15) is 0 Å². The van der Waals surface area contributed by atoms with E-state index in [1.807, 2.05) is 6.08 Å². The molecule has 0 aliphatic heterocycles. The van der Waals surface area contributed by atoms with Crippen LogP contribution in [0.1, 0.15) is 46.5 Å². The molecule has 0 bridgehead atoms. The summed E-state index contributed by atoms with van der Waals surface area (Å²) in [7, 11) is 0. The third-order valence-corrected chi connectivity index (χ3v) is 3.05. The van der Waals surface area contributed by atoms with E-state index in [9.17, 15) is 4.79 Å². The van der Waals surface area contributed by atoms with Crippen molar-refractivity contribution in [2.75, 3.05) is 0 Å². The number of carbonyl (C=O) groups excluding carboxylic acids is 1.